The summed E-state index contributed by atoms with van der Waals surface area (Å²) in [6, 6.07) is 7.56. The third kappa shape index (κ3) is 4.59. The van der Waals surface area contributed by atoms with Crippen molar-refractivity contribution in [1.82, 2.24) is 0 Å². The van der Waals surface area contributed by atoms with Gasteiger partial charge in [-0.25, -0.2) is 4.79 Å². The minimum atomic E-state index is -0.884. The molecule has 0 unspecified atom stereocenters. The SMILES string of the molecule is CCC(=CCOCc1ccc(OC)cc1)C(=O)O. The zero-order valence-corrected chi connectivity index (χ0v) is 10.7. The van der Waals surface area contributed by atoms with Crippen LogP contribution in [0.1, 0.15) is 18.9 Å². The van der Waals surface area contributed by atoms with Crippen LogP contribution in [0.15, 0.2) is 35.9 Å². The molecule has 1 rings (SSSR count). The highest BCUT2D eigenvalue weighted by Crippen LogP contribution is 2.12. The fraction of sp³-hybridized carbons (Fsp3) is 0.357. The molecule has 4 nitrogen and oxygen atoms in total. The molecular weight excluding hydrogens is 232 g/mol. The Morgan fingerprint density at radius 2 is 2.00 bits per heavy atom. The van der Waals surface area contributed by atoms with Gasteiger partial charge < -0.3 is 14.6 Å². The Balaban J connectivity index is 2.39. The largest absolute Gasteiger partial charge is 0.497 e. The van der Waals surface area contributed by atoms with Crippen molar-refractivity contribution in [3.05, 3.63) is 41.5 Å². The predicted molar refractivity (Wildman–Crippen MR) is 68.7 cm³/mol. The first-order chi connectivity index (χ1) is 8.67. The number of hydrogen-bond donors (Lipinski definition) is 1. The molecule has 0 aliphatic carbocycles. The lowest BCUT2D eigenvalue weighted by molar-refractivity contribution is -0.132. The third-order valence-corrected chi connectivity index (χ3v) is 2.53. The second-order valence-corrected chi connectivity index (χ2v) is 3.75. The van der Waals surface area contributed by atoms with Crippen molar-refractivity contribution in [1.29, 1.82) is 0 Å². The molecule has 0 spiro atoms. The maximum absolute atomic E-state index is 10.7. The van der Waals surface area contributed by atoms with E-state index >= 15 is 0 Å². The van der Waals surface area contributed by atoms with Crippen LogP contribution in [0, 0.1) is 0 Å². The number of benzene rings is 1. The van der Waals surface area contributed by atoms with E-state index < -0.39 is 5.97 Å². The summed E-state index contributed by atoms with van der Waals surface area (Å²) in [5.41, 5.74) is 1.40. The molecule has 0 amide bonds. The lowest BCUT2D eigenvalue weighted by Gasteiger charge is -2.04. The van der Waals surface area contributed by atoms with Gasteiger partial charge in [-0.2, -0.15) is 0 Å². The summed E-state index contributed by atoms with van der Waals surface area (Å²) >= 11 is 0. The molecule has 0 bridgehead atoms. The van der Waals surface area contributed by atoms with E-state index in [4.69, 9.17) is 14.6 Å². The van der Waals surface area contributed by atoms with Crippen molar-refractivity contribution in [2.45, 2.75) is 20.0 Å². The van der Waals surface area contributed by atoms with Crippen LogP contribution in [0.5, 0.6) is 5.75 Å². The van der Waals surface area contributed by atoms with Crippen LogP contribution >= 0.6 is 0 Å². The van der Waals surface area contributed by atoms with E-state index in [0.29, 0.717) is 25.2 Å². The van der Waals surface area contributed by atoms with Crippen LogP contribution in [0.4, 0.5) is 0 Å². The Hall–Kier alpha value is -1.81. The molecule has 98 valence electrons. The van der Waals surface area contributed by atoms with Gasteiger partial charge in [0.1, 0.15) is 5.75 Å². The summed E-state index contributed by atoms with van der Waals surface area (Å²) < 4.78 is 10.4. The van der Waals surface area contributed by atoms with Crippen LogP contribution in [0.3, 0.4) is 0 Å². The van der Waals surface area contributed by atoms with Crippen LogP contribution in [0.2, 0.25) is 0 Å². The molecule has 0 saturated carbocycles. The number of carboxylic acid groups (broad SMARTS) is 1. The molecule has 0 heterocycles. The zero-order valence-electron chi connectivity index (χ0n) is 10.7. The summed E-state index contributed by atoms with van der Waals surface area (Å²) in [5.74, 6) is -0.0802. The molecule has 0 atom stereocenters. The topological polar surface area (TPSA) is 55.8 Å². The number of carbonyl (C=O) groups is 1. The van der Waals surface area contributed by atoms with Gasteiger partial charge in [-0.1, -0.05) is 19.1 Å². The van der Waals surface area contributed by atoms with Gasteiger partial charge >= 0.3 is 5.97 Å². The second-order valence-electron chi connectivity index (χ2n) is 3.75. The molecule has 1 aromatic rings. The van der Waals surface area contributed by atoms with E-state index in [0.717, 1.165) is 11.3 Å². The van der Waals surface area contributed by atoms with Crippen LogP contribution in [-0.4, -0.2) is 24.8 Å². The highest BCUT2D eigenvalue weighted by molar-refractivity contribution is 5.86. The maximum Gasteiger partial charge on any atom is 0.331 e. The molecular formula is C14H18O4. The van der Waals surface area contributed by atoms with Gasteiger partial charge in [0.05, 0.1) is 20.3 Å². The monoisotopic (exact) mass is 250 g/mol. The first-order valence-corrected chi connectivity index (χ1v) is 5.80. The second kappa shape index (κ2) is 7.50. The highest BCUT2D eigenvalue weighted by atomic mass is 16.5. The summed E-state index contributed by atoms with van der Waals surface area (Å²) in [6.07, 6.45) is 2.10. The number of aliphatic carboxylic acids is 1. The van der Waals surface area contributed by atoms with E-state index in [1.54, 1.807) is 13.2 Å². The van der Waals surface area contributed by atoms with Gasteiger partial charge in [0, 0.05) is 5.57 Å². The molecule has 0 radical (unpaired) electrons. The van der Waals surface area contributed by atoms with E-state index in [1.807, 2.05) is 31.2 Å². The first kappa shape index (κ1) is 14.3. The Morgan fingerprint density at radius 3 is 2.50 bits per heavy atom. The van der Waals surface area contributed by atoms with Gasteiger partial charge in [-0.15, -0.1) is 0 Å². The van der Waals surface area contributed by atoms with E-state index in [1.165, 1.54) is 0 Å². The predicted octanol–water partition coefficient (Wildman–Crippen LogP) is 2.63. The van der Waals surface area contributed by atoms with E-state index in [2.05, 4.69) is 0 Å². The van der Waals surface area contributed by atoms with Gasteiger partial charge in [-0.3, -0.25) is 0 Å². The van der Waals surface area contributed by atoms with Crippen molar-refractivity contribution < 1.29 is 19.4 Å². The Kier molecular flexibility index (Phi) is 5.94. The summed E-state index contributed by atoms with van der Waals surface area (Å²) in [7, 11) is 1.62. The van der Waals surface area contributed by atoms with Crippen LogP contribution in [0.25, 0.3) is 0 Å². The van der Waals surface area contributed by atoms with Crippen molar-refractivity contribution in [3.63, 3.8) is 0 Å². The number of hydrogen-bond acceptors (Lipinski definition) is 3. The lowest BCUT2D eigenvalue weighted by Crippen LogP contribution is -2.01. The minimum absolute atomic E-state index is 0.307. The average Bonchev–Trinajstić information content (AvgIpc) is 2.39. The highest BCUT2D eigenvalue weighted by Gasteiger charge is 2.02. The van der Waals surface area contributed by atoms with Crippen LogP contribution in [-0.2, 0) is 16.1 Å². The van der Waals surface area contributed by atoms with Crippen molar-refractivity contribution in [2.24, 2.45) is 0 Å². The van der Waals surface area contributed by atoms with Gasteiger partial charge in [0.2, 0.25) is 0 Å². The van der Waals surface area contributed by atoms with Crippen molar-refractivity contribution >= 4 is 5.97 Å². The Labute approximate surface area is 107 Å². The maximum atomic E-state index is 10.7. The minimum Gasteiger partial charge on any atom is -0.497 e. The molecule has 0 aromatic heterocycles. The van der Waals surface area contributed by atoms with Gasteiger partial charge in [0.15, 0.2) is 0 Å². The standard InChI is InChI=1S/C14H18O4/c1-3-12(14(15)16)8-9-18-10-11-4-6-13(17-2)7-5-11/h4-8H,3,9-10H2,1-2H3,(H,15,16). The molecule has 0 aliphatic rings. The quantitative estimate of drug-likeness (QED) is 0.597. The normalized spacial score (nSPS) is 11.3. The Bertz CT molecular complexity index is 406. The molecule has 1 aromatic carbocycles. The summed E-state index contributed by atoms with van der Waals surface area (Å²) in [4.78, 5) is 10.7. The number of carboxylic acids is 1. The van der Waals surface area contributed by atoms with Gasteiger partial charge in [-0.05, 0) is 30.2 Å². The molecule has 0 saturated heterocycles. The smallest absolute Gasteiger partial charge is 0.331 e. The third-order valence-electron chi connectivity index (χ3n) is 2.53. The first-order valence-electron chi connectivity index (χ1n) is 5.80. The summed E-state index contributed by atoms with van der Waals surface area (Å²) in [5, 5.41) is 8.81. The average molecular weight is 250 g/mol. The summed E-state index contributed by atoms with van der Waals surface area (Å²) in [6.45, 7) is 2.57. The van der Waals surface area contributed by atoms with Crippen molar-refractivity contribution in [2.75, 3.05) is 13.7 Å². The van der Waals surface area contributed by atoms with Crippen LogP contribution < -0.4 is 4.74 Å². The lowest BCUT2D eigenvalue weighted by atomic mass is 10.2. The van der Waals surface area contributed by atoms with E-state index in [9.17, 15) is 4.79 Å². The number of methoxy groups -OCH3 is 1. The molecule has 0 fully saturated rings. The molecule has 1 N–H and O–H groups in total. The van der Waals surface area contributed by atoms with Gasteiger partial charge in [0.25, 0.3) is 0 Å². The number of rotatable bonds is 7. The zero-order chi connectivity index (χ0) is 13.4. The van der Waals surface area contributed by atoms with E-state index in [-0.39, 0.29) is 0 Å². The fourth-order valence-electron chi connectivity index (χ4n) is 1.44. The Morgan fingerprint density at radius 1 is 1.33 bits per heavy atom. The fourth-order valence-corrected chi connectivity index (χ4v) is 1.44. The molecule has 4 heteroatoms. The number of ether oxygens (including phenoxy) is 2. The van der Waals surface area contributed by atoms with Crippen molar-refractivity contribution in [3.8, 4) is 5.75 Å². The molecule has 0 aliphatic heterocycles. The molecule has 18 heavy (non-hydrogen) atoms.